The van der Waals surface area contributed by atoms with E-state index < -0.39 is 0 Å². The number of thiocarbonyl (C=S) groups is 1. The Morgan fingerprint density at radius 3 is 2.76 bits per heavy atom. The average Bonchev–Trinajstić information content (AvgIpc) is 2.29. The van der Waals surface area contributed by atoms with Gasteiger partial charge in [-0.2, -0.15) is 0 Å². The Hall–Kier alpha value is -1.00. The first-order valence-corrected chi connectivity index (χ1v) is 6.11. The third-order valence-electron chi connectivity index (χ3n) is 2.57. The van der Waals surface area contributed by atoms with Crippen LogP contribution in [0.4, 0.5) is 5.69 Å². The first-order chi connectivity index (χ1) is 7.95. The van der Waals surface area contributed by atoms with Crippen LogP contribution < -0.4 is 15.8 Å². The number of hydrogen-bond donors (Lipinski definition) is 2. The summed E-state index contributed by atoms with van der Waals surface area (Å²) in [7, 11) is 1.61. The summed E-state index contributed by atoms with van der Waals surface area (Å²) >= 11 is 11.0. The van der Waals surface area contributed by atoms with E-state index in [1.807, 2.05) is 19.9 Å². The zero-order chi connectivity index (χ0) is 13.0. The lowest BCUT2D eigenvalue weighted by molar-refractivity contribution is 0.416. The lowest BCUT2D eigenvalue weighted by Gasteiger charge is -2.16. The van der Waals surface area contributed by atoms with Gasteiger partial charge >= 0.3 is 0 Å². The molecule has 1 atom stereocenters. The van der Waals surface area contributed by atoms with Gasteiger partial charge < -0.3 is 15.8 Å². The van der Waals surface area contributed by atoms with Crippen molar-refractivity contribution in [2.24, 2.45) is 11.7 Å². The third kappa shape index (κ3) is 3.75. The highest BCUT2D eigenvalue weighted by molar-refractivity contribution is 7.80. The average molecular weight is 273 g/mol. The van der Waals surface area contributed by atoms with Crippen molar-refractivity contribution in [1.82, 2.24) is 0 Å². The Morgan fingerprint density at radius 1 is 1.59 bits per heavy atom. The van der Waals surface area contributed by atoms with Crippen LogP contribution in [0.2, 0.25) is 5.02 Å². The number of halogens is 1. The summed E-state index contributed by atoms with van der Waals surface area (Å²) in [6.45, 7) is 4.60. The lowest BCUT2D eigenvalue weighted by atomic mass is 10.1. The number of benzene rings is 1. The van der Waals surface area contributed by atoms with Gasteiger partial charge in [-0.15, -0.1) is 0 Å². The molecule has 3 N–H and O–H groups in total. The van der Waals surface area contributed by atoms with Crippen molar-refractivity contribution in [3.8, 4) is 5.75 Å². The molecule has 0 aliphatic carbocycles. The summed E-state index contributed by atoms with van der Waals surface area (Å²) in [5.74, 6) is 0.849. The van der Waals surface area contributed by atoms with Gasteiger partial charge in [0.05, 0.1) is 17.8 Å². The van der Waals surface area contributed by atoms with Gasteiger partial charge in [0.15, 0.2) is 0 Å². The molecule has 0 fully saturated rings. The second-order valence-corrected chi connectivity index (χ2v) is 4.86. The monoisotopic (exact) mass is 272 g/mol. The summed E-state index contributed by atoms with van der Waals surface area (Å²) in [4.78, 5) is 0.502. The highest BCUT2D eigenvalue weighted by Gasteiger charge is 2.09. The predicted octanol–water partition coefficient (Wildman–Crippen LogP) is 2.99. The van der Waals surface area contributed by atoms with E-state index in [9.17, 15) is 0 Å². The smallest absolute Gasteiger partial charge is 0.143 e. The van der Waals surface area contributed by atoms with E-state index in [0.717, 1.165) is 17.0 Å². The summed E-state index contributed by atoms with van der Waals surface area (Å²) in [5, 5.41) is 3.95. The highest BCUT2D eigenvalue weighted by Crippen LogP contribution is 2.30. The molecular formula is C12H17ClN2OS. The van der Waals surface area contributed by atoms with Crippen molar-refractivity contribution in [2.75, 3.05) is 19.0 Å². The highest BCUT2D eigenvalue weighted by atomic mass is 35.5. The van der Waals surface area contributed by atoms with Gasteiger partial charge in [0.1, 0.15) is 5.75 Å². The van der Waals surface area contributed by atoms with Crippen LogP contribution >= 0.6 is 23.8 Å². The van der Waals surface area contributed by atoms with Crippen molar-refractivity contribution in [2.45, 2.75) is 13.8 Å². The zero-order valence-electron chi connectivity index (χ0n) is 10.2. The van der Waals surface area contributed by atoms with E-state index in [-0.39, 0.29) is 5.92 Å². The molecule has 1 aromatic rings. The number of hydrogen-bond acceptors (Lipinski definition) is 3. The van der Waals surface area contributed by atoms with Crippen LogP contribution in [0.1, 0.15) is 12.5 Å². The molecule has 5 heteroatoms. The Labute approximate surface area is 112 Å². The van der Waals surface area contributed by atoms with Crippen LogP contribution in [-0.4, -0.2) is 18.6 Å². The first kappa shape index (κ1) is 14.1. The summed E-state index contributed by atoms with van der Waals surface area (Å²) in [5.41, 5.74) is 7.46. The molecule has 94 valence electrons. The standard InChI is InChI=1S/C12H17ClN2OS/c1-7-4-10(11(16-3)5-9(7)13)15-6-8(2)12(14)17/h4-5,8,15H,6H2,1-3H3,(H2,14,17). The number of nitrogens with one attached hydrogen (secondary N) is 1. The number of anilines is 1. The molecule has 0 saturated heterocycles. The number of methoxy groups -OCH3 is 1. The van der Waals surface area contributed by atoms with Crippen LogP contribution in [0.25, 0.3) is 0 Å². The van der Waals surface area contributed by atoms with Gasteiger partial charge in [0.2, 0.25) is 0 Å². The molecule has 0 aliphatic heterocycles. The fraction of sp³-hybridized carbons (Fsp3) is 0.417. The molecule has 0 aromatic heterocycles. The van der Waals surface area contributed by atoms with E-state index in [4.69, 9.17) is 34.3 Å². The van der Waals surface area contributed by atoms with Crippen LogP contribution in [0.15, 0.2) is 12.1 Å². The van der Waals surface area contributed by atoms with Gasteiger partial charge in [0.25, 0.3) is 0 Å². The fourth-order valence-electron chi connectivity index (χ4n) is 1.33. The van der Waals surface area contributed by atoms with Crippen LogP contribution in [0.3, 0.4) is 0 Å². The maximum absolute atomic E-state index is 6.03. The quantitative estimate of drug-likeness (QED) is 0.809. The molecule has 0 spiro atoms. The minimum atomic E-state index is 0.130. The molecule has 3 nitrogen and oxygen atoms in total. The van der Waals surface area contributed by atoms with E-state index in [1.54, 1.807) is 13.2 Å². The van der Waals surface area contributed by atoms with Gasteiger partial charge in [0, 0.05) is 23.6 Å². The van der Waals surface area contributed by atoms with Crippen molar-refractivity contribution in [1.29, 1.82) is 0 Å². The molecule has 0 bridgehead atoms. The number of rotatable bonds is 5. The molecule has 1 aromatic carbocycles. The summed E-state index contributed by atoms with van der Waals surface area (Å²) in [6, 6.07) is 3.75. The second-order valence-electron chi connectivity index (χ2n) is 3.99. The SMILES string of the molecule is COc1cc(Cl)c(C)cc1NCC(C)C(N)=S. The molecule has 1 unspecified atom stereocenters. The Bertz CT molecular complexity index is 423. The zero-order valence-corrected chi connectivity index (χ0v) is 11.8. The number of ether oxygens (including phenoxy) is 1. The lowest BCUT2D eigenvalue weighted by Crippen LogP contribution is -2.25. The number of aryl methyl sites for hydroxylation is 1. The van der Waals surface area contributed by atoms with E-state index in [1.165, 1.54) is 0 Å². The fourth-order valence-corrected chi connectivity index (χ4v) is 1.57. The molecule has 0 amide bonds. The maximum Gasteiger partial charge on any atom is 0.143 e. The van der Waals surface area contributed by atoms with Gasteiger partial charge in [-0.25, -0.2) is 0 Å². The molecular weight excluding hydrogens is 256 g/mol. The summed E-state index contributed by atoms with van der Waals surface area (Å²) < 4.78 is 5.26. The van der Waals surface area contributed by atoms with Gasteiger partial charge in [-0.1, -0.05) is 30.7 Å². The van der Waals surface area contributed by atoms with Gasteiger partial charge in [-0.3, -0.25) is 0 Å². The van der Waals surface area contributed by atoms with Crippen molar-refractivity contribution in [3.05, 3.63) is 22.7 Å². The van der Waals surface area contributed by atoms with E-state index in [2.05, 4.69) is 5.32 Å². The molecule has 0 saturated carbocycles. The third-order valence-corrected chi connectivity index (χ3v) is 3.37. The van der Waals surface area contributed by atoms with Crippen LogP contribution in [-0.2, 0) is 0 Å². The Morgan fingerprint density at radius 2 is 2.24 bits per heavy atom. The molecule has 1 rings (SSSR count). The maximum atomic E-state index is 6.03. The second kappa shape index (κ2) is 6.07. The minimum Gasteiger partial charge on any atom is -0.495 e. The van der Waals surface area contributed by atoms with E-state index in [0.29, 0.717) is 16.6 Å². The molecule has 0 radical (unpaired) electrons. The topological polar surface area (TPSA) is 47.3 Å². The van der Waals surface area contributed by atoms with Crippen molar-refractivity contribution < 1.29 is 4.74 Å². The summed E-state index contributed by atoms with van der Waals surface area (Å²) in [6.07, 6.45) is 0. The van der Waals surface area contributed by atoms with Crippen LogP contribution in [0.5, 0.6) is 5.75 Å². The van der Waals surface area contributed by atoms with E-state index >= 15 is 0 Å². The van der Waals surface area contributed by atoms with Gasteiger partial charge in [-0.05, 0) is 18.6 Å². The number of nitrogens with two attached hydrogens (primary N) is 1. The first-order valence-electron chi connectivity index (χ1n) is 5.33. The molecule has 0 aliphatic rings. The predicted molar refractivity (Wildman–Crippen MR) is 77.2 cm³/mol. The molecule has 17 heavy (non-hydrogen) atoms. The largest absolute Gasteiger partial charge is 0.495 e. The van der Waals surface area contributed by atoms with Crippen LogP contribution in [0, 0.1) is 12.8 Å². The Balaban J connectivity index is 2.83. The molecule has 0 heterocycles. The van der Waals surface area contributed by atoms with Crippen molar-refractivity contribution >= 4 is 34.5 Å². The Kier molecular flexibility index (Phi) is 5.02. The normalized spacial score (nSPS) is 12.0. The minimum absolute atomic E-state index is 0.130. The van der Waals surface area contributed by atoms with Crippen molar-refractivity contribution in [3.63, 3.8) is 0 Å².